The van der Waals surface area contributed by atoms with E-state index in [1.54, 1.807) is 11.8 Å². The molecule has 0 atom stereocenters. The first kappa shape index (κ1) is 20.0. The van der Waals surface area contributed by atoms with Crippen molar-refractivity contribution in [1.82, 2.24) is 15.2 Å². The molecule has 0 aliphatic rings. The Bertz CT molecular complexity index is 1090. The molecule has 0 amide bonds. The molecule has 29 heavy (non-hydrogen) atoms. The van der Waals surface area contributed by atoms with Crippen molar-refractivity contribution in [2.75, 3.05) is 19.0 Å². The Morgan fingerprint density at radius 2 is 1.86 bits per heavy atom. The molecule has 0 aliphatic carbocycles. The molecule has 0 bridgehead atoms. The topological polar surface area (TPSA) is 54.3 Å². The molecular weight excluding hydrogens is 465 g/mol. The number of hydrogen-bond donors (Lipinski definition) is 0. The minimum absolute atomic E-state index is 0.302. The summed E-state index contributed by atoms with van der Waals surface area (Å²) in [7, 11) is 4.06. The Balaban J connectivity index is 1.34. The van der Waals surface area contributed by atoms with Gasteiger partial charge in [0.25, 0.3) is 0 Å². The number of aliphatic imine (C=N–C) groups is 1. The SMILES string of the molecule is CN(C)c1ccc(/C=N/c2nnc(SCc3c[se]c(-c4ccccc4)n3)s2)cc1. The zero-order valence-corrected chi connectivity index (χ0v) is 19.4. The Morgan fingerprint density at radius 1 is 1.07 bits per heavy atom. The van der Waals surface area contributed by atoms with Gasteiger partial charge in [-0.15, -0.1) is 0 Å². The summed E-state index contributed by atoms with van der Waals surface area (Å²) in [4.78, 5) is 13.6. The molecule has 146 valence electrons. The van der Waals surface area contributed by atoms with Gasteiger partial charge in [-0.05, 0) is 0 Å². The molecule has 0 spiro atoms. The quantitative estimate of drug-likeness (QED) is 0.215. The molecule has 4 aromatic rings. The van der Waals surface area contributed by atoms with E-state index in [9.17, 15) is 0 Å². The summed E-state index contributed by atoms with van der Waals surface area (Å²) in [6.07, 6.45) is 1.83. The van der Waals surface area contributed by atoms with Crippen LogP contribution in [0.25, 0.3) is 10.1 Å². The van der Waals surface area contributed by atoms with E-state index in [0.717, 1.165) is 27.0 Å². The van der Waals surface area contributed by atoms with Crippen molar-refractivity contribution in [3.8, 4) is 10.1 Å². The fraction of sp³-hybridized carbons (Fsp3) is 0.143. The maximum absolute atomic E-state index is 4.78. The fourth-order valence-electron chi connectivity index (χ4n) is 2.52. The summed E-state index contributed by atoms with van der Waals surface area (Å²) in [5.41, 5.74) is 4.54. The number of aromatic nitrogens is 3. The molecule has 0 fully saturated rings. The van der Waals surface area contributed by atoms with Crippen molar-refractivity contribution in [1.29, 1.82) is 0 Å². The molecule has 2 aromatic carbocycles. The van der Waals surface area contributed by atoms with Crippen LogP contribution in [0, 0.1) is 0 Å². The monoisotopic (exact) mass is 485 g/mol. The van der Waals surface area contributed by atoms with Crippen molar-refractivity contribution in [2.24, 2.45) is 4.99 Å². The Labute approximate surface area is 184 Å². The van der Waals surface area contributed by atoms with Crippen LogP contribution in [0.1, 0.15) is 11.3 Å². The average molecular weight is 485 g/mol. The summed E-state index contributed by atoms with van der Waals surface area (Å²) in [6.45, 7) is 0. The van der Waals surface area contributed by atoms with Gasteiger partial charge in [0.1, 0.15) is 0 Å². The van der Waals surface area contributed by atoms with Crippen molar-refractivity contribution < 1.29 is 0 Å². The summed E-state index contributed by atoms with van der Waals surface area (Å²) in [5.74, 6) is 0.808. The van der Waals surface area contributed by atoms with Gasteiger partial charge in [0.05, 0.1) is 0 Å². The van der Waals surface area contributed by atoms with E-state index >= 15 is 0 Å². The van der Waals surface area contributed by atoms with Crippen LogP contribution in [0.5, 0.6) is 0 Å². The van der Waals surface area contributed by atoms with Gasteiger partial charge in [-0.3, -0.25) is 0 Å². The summed E-state index contributed by atoms with van der Waals surface area (Å²) < 4.78 is 2.11. The third-order valence-corrected chi connectivity index (χ3v) is 8.02. The number of thioether (sulfide) groups is 1. The molecule has 0 saturated carbocycles. The number of anilines is 1. The molecule has 5 nitrogen and oxygen atoms in total. The van der Waals surface area contributed by atoms with Crippen LogP contribution in [-0.2, 0) is 5.75 Å². The van der Waals surface area contributed by atoms with E-state index in [4.69, 9.17) is 4.98 Å². The van der Waals surface area contributed by atoms with Gasteiger partial charge < -0.3 is 4.90 Å². The van der Waals surface area contributed by atoms with Gasteiger partial charge in [0, 0.05) is 19.8 Å². The maximum atomic E-state index is 4.78. The molecule has 4 rings (SSSR count). The molecule has 0 aliphatic heterocycles. The predicted octanol–water partition coefficient (Wildman–Crippen LogP) is 4.77. The van der Waals surface area contributed by atoms with Crippen molar-refractivity contribution >= 4 is 54.6 Å². The van der Waals surface area contributed by atoms with Crippen molar-refractivity contribution in [3.63, 3.8) is 0 Å². The minimum atomic E-state index is 0.302. The molecular formula is C21H19N5S2Se. The van der Waals surface area contributed by atoms with E-state index in [1.165, 1.54) is 21.5 Å². The van der Waals surface area contributed by atoms with Gasteiger partial charge in [-0.2, -0.15) is 0 Å². The van der Waals surface area contributed by atoms with Crippen LogP contribution in [0.4, 0.5) is 10.8 Å². The van der Waals surface area contributed by atoms with Gasteiger partial charge >= 0.3 is 160 Å². The molecule has 0 saturated heterocycles. The molecule has 0 radical (unpaired) electrons. The van der Waals surface area contributed by atoms with E-state index in [-0.39, 0.29) is 0 Å². The number of benzene rings is 2. The molecule has 0 unspecified atom stereocenters. The van der Waals surface area contributed by atoms with Crippen molar-refractivity contribution in [3.05, 3.63) is 70.8 Å². The summed E-state index contributed by atoms with van der Waals surface area (Å²) in [5, 5.41) is 9.09. The fourth-order valence-corrected chi connectivity index (χ4v) is 6.07. The normalized spacial score (nSPS) is 11.2. The van der Waals surface area contributed by atoms with E-state index in [2.05, 4.69) is 61.4 Å². The zero-order chi connectivity index (χ0) is 20.1. The Morgan fingerprint density at radius 3 is 2.62 bits per heavy atom. The van der Waals surface area contributed by atoms with Gasteiger partial charge in [-0.25, -0.2) is 0 Å². The van der Waals surface area contributed by atoms with Crippen LogP contribution in [0.2, 0.25) is 0 Å². The van der Waals surface area contributed by atoms with E-state index in [1.807, 2.05) is 38.5 Å². The average Bonchev–Trinajstić information content (AvgIpc) is 3.41. The van der Waals surface area contributed by atoms with Crippen LogP contribution < -0.4 is 4.90 Å². The standard InChI is InChI=1S/C21H19N5S2Se/c1-26(2)18-10-8-15(9-11-18)12-22-20-24-25-21(28-20)27-13-17-14-29-19(23-17)16-6-4-3-5-7-16/h3-12,14H,13H2,1-2H3/b22-12+. The molecule has 2 heterocycles. The van der Waals surface area contributed by atoms with Gasteiger partial charge in [-0.1, -0.05) is 0 Å². The van der Waals surface area contributed by atoms with Gasteiger partial charge in [0.15, 0.2) is 0 Å². The third-order valence-electron chi connectivity index (χ3n) is 4.05. The van der Waals surface area contributed by atoms with Crippen LogP contribution in [0.15, 0.2) is 68.9 Å². The molecule has 8 heteroatoms. The second-order valence-corrected chi connectivity index (χ2v) is 10.4. The second kappa shape index (κ2) is 9.50. The van der Waals surface area contributed by atoms with Gasteiger partial charge in [0.2, 0.25) is 0 Å². The zero-order valence-electron chi connectivity index (χ0n) is 16.0. The third kappa shape index (κ3) is 5.42. The van der Waals surface area contributed by atoms with E-state index < -0.39 is 0 Å². The summed E-state index contributed by atoms with van der Waals surface area (Å²) in [6, 6.07) is 18.6. The Hall–Kier alpha value is -2.25. The van der Waals surface area contributed by atoms with Crippen molar-refractivity contribution in [2.45, 2.75) is 10.1 Å². The summed E-state index contributed by atoms with van der Waals surface area (Å²) >= 11 is 3.47. The predicted molar refractivity (Wildman–Crippen MR) is 124 cm³/mol. The molecule has 2 aromatic heterocycles. The first-order valence-corrected chi connectivity index (χ1v) is 12.6. The Kier molecular flexibility index (Phi) is 6.56. The number of hydrogen-bond acceptors (Lipinski definition) is 7. The number of rotatable bonds is 7. The van der Waals surface area contributed by atoms with Crippen LogP contribution in [0.3, 0.4) is 0 Å². The van der Waals surface area contributed by atoms with Crippen LogP contribution in [-0.4, -0.2) is 50.0 Å². The first-order valence-electron chi connectivity index (χ1n) is 8.95. The first-order chi connectivity index (χ1) is 14.2. The van der Waals surface area contributed by atoms with Crippen LogP contribution >= 0.6 is 23.1 Å². The second-order valence-electron chi connectivity index (χ2n) is 6.39. The van der Waals surface area contributed by atoms with E-state index in [0.29, 0.717) is 19.6 Å². The number of nitrogens with zero attached hydrogens (tertiary/aromatic N) is 5. The molecule has 0 N–H and O–H groups in total.